The van der Waals surface area contributed by atoms with Crippen molar-refractivity contribution in [1.29, 1.82) is 0 Å². The Morgan fingerprint density at radius 2 is 2.00 bits per heavy atom. The van der Waals surface area contributed by atoms with Gasteiger partial charge in [0.2, 0.25) is 5.95 Å². The Balaban J connectivity index is 1.54. The van der Waals surface area contributed by atoms with Crippen molar-refractivity contribution in [3.8, 4) is 11.3 Å². The summed E-state index contributed by atoms with van der Waals surface area (Å²) in [5, 5.41) is 13.2. The average molecular weight is 380 g/mol. The number of hydrogen-bond acceptors (Lipinski definition) is 4. The molecule has 0 aliphatic heterocycles. The largest absolute Gasteiger partial charge is 0.478 e. The van der Waals surface area contributed by atoms with Gasteiger partial charge in [0.15, 0.2) is 0 Å². The fourth-order valence-electron chi connectivity index (χ4n) is 3.44. The fourth-order valence-corrected chi connectivity index (χ4v) is 3.68. The van der Waals surface area contributed by atoms with Crippen molar-refractivity contribution < 1.29 is 9.90 Å². The van der Waals surface area contributed by atoms with Crippen LogP contribution in [-0.2, 0) is 12.8 Å². The second kappa shape index (κ2) is 7.37. The normalized spacial score (nSPS) is 15.8. The predicted octanol–water partition coefficient (Wildman–Crippen LogP) is 4.46. The number of halogens is 1. The number of anilines is 1. The summed E-state index contributed by atoms with van der Waals surface area (Å²) in [4.78, 5) is 20.1. The number of aromatic carboxylic acids is 1. The van der Waals surface area contributed by atoms with E-state index in [4.69, 9.17) is 11.6 Å². The molecular formula is C21H18ClN3O2. The van der Waals surface area contributed by atoms with Crippen molar-refractivity contribution in [2.45, 2.75) is 25.3 Å². The third-order valence-corrected chi connectivity index (χ3v) is 5.15. The Kier molecular flexibility index (Phi) is 4.77. The van der Waals surface area contributed by atoms with E-state index < -0.39 is 5.97 Å². The van der Waals surface area contributed by atoms with E-state index in [0.717, 1.165) is 36.1 Å². The summed E-state index contributed by atoms with van der Waals surface area (Å²) in [5.41, 5.74) is 4.24. The molecule has 0 spiro atoms. The first-order chi connectivity index (χ1) is 13.1. The second-order valence-corrected chi connectivity index (χ2v) is 7.03. The minimum Gasteiger partial charge on any atom is -0.478 e. The van der Waals surface area contributed by atoms with Crippen molar-refractivity contribution in [2.24, 2.45) is 0 Å². The van der Waals surface area contributed by atoms with Gasteiger partial charge in [0.1, 0.15) is 0 Å². The topological polar surface area (TPSA) is 75.1 Å². The van der Waals surface area contributed by atoms with E-state index in [0.29, 0.717) is 16.5 Å². The van der Waals surface area contributed by atoms with E-state index in [-0.39, 0.29) is 6.04 Å². The molecule has 6 heteroatoms. The Bertz CT molecular complexity index is 1010. The molecule has 1 unspecified atom stereocenters. The first-order valence-electron chi connectivity index (χ1n) is 8.80. The molecule has 2 aromatic carbocycles. The smallest absolute Gasteiger partial charge is 0.335 e. The maximum Gasteiger partial charge on any atom is 0.335 e. The highest BCUT2D eigenvalue weighted by atomic mass is 35.5. The van der Waals surface area contributed by atoms with Crippen molar-refractivity contribution in [3.05, 3.63) is 76.4 Å². The molecule has 0 bridgehead atoms. The predicted molar refractivity (Wildman–Crippen MR) is 105 cm³/mol. The molecule has 1 aliphatic carbocycles. The first-order valence-corrected chi connectivity index (χ1v) is 9.17. The van der Waals surface area contributed by atoms with Crippen molar-refractivity contribution in [2.75, 3.05) is 5.32 Å². The summed E-state index contributed by atoms with van der Waals surface area (Å²) in [6.45, 7) is 0. The van der Waals surface area contributed by atoms with E-state index in [2.05, 4.69) is 15.3 Å². The molecule has 1 aromatic heterocycles. The molecule has 1 heterocycles. The molecule has 0 saturated carbocycles. The van der Waals surface area contributed by atoms with Crippen LogP contribution in [0.2, 0.25) is 5.02 Å². The van der Waals surface area contributed by atoms with E-state index in [1.807, 2.05) is 36.4 Å². The number of rotatable bonds is 4. The minimum atomic E-state index is -0.899. The van der Waals surface area contributed by atoms with Crippen LogP contribution in [0.15, 0.2) is 54.7 Å². The number of nitrogens with zero attached hydrogens (tertiary/aromatic N) is 2. The Morgan fingerprint density at radius 1 is 1.15 bits per heavy atom. The van der Waals surface area contributed by atoms with Crippen LogP contribution in [0, 0.1) is 0 Å². The summed E-state index contributed by atoms with van der Waals surface area (Å²) in [7, 11) is 0. The molecule has 27 heavy (non-hydrogen) atoms. The van der Waals surface area contributed by atoms with Gasteiger partial charge in [-0.3, -0.25) is 0 Å². The van der Waals surface area contributed by atoms with E-state index in [9.17, 15) is 9.90 Å². The summed E-state index contributed by atoms with van der Waals surface area (Å²) in [6.07, 6.45) is 4.31. The highest BCUT2D eigenvalue weighted by molar-refractivity contribution is 6.33. The molecule has 0 saturated heterocycles. The molecule has 3 aromatic rings. The van der Waals surface area contributed by atoms with Gasteiger partial charge in [-0.15, -0.1) is 0 Å². The lowest BCUT2D eigenvalue weighted by molar-refractivity contribution is 0.0696. The van der Waals surface area contributed by atoms with Gasteiger partial charge in [-0.25, -0.2) is 14.8 Å². The number of hydrogen-bond donors (Lipinski definition) is 2. The van der Waals surface area contributed by atoms with Crippen LogP contribution in [0.5, 0.6) is 0 Å². The van der Waals surface area contributed by atoms with Crippen molar-refractivity contribution in [3.63, 3.8) is 0 Å². The zero-order valence-corrected chi connectivity index (χ0v) is 15.3. The highest BCUT2D eigenvalue weighted by Gasteiger charge is 2.20. The highest BCUT2D eigenvalue weighted by Crippen LogP contribution is 2.27. The molecule has 1 aliphatic rings. The molecule has 0 radical (unpaired) electrons. The first kappa shape index (κ1) is 17.5. The standard InChI is InChI=1S/C21H18ClN3O2/c22-18-4-2-1-3-17(18)19-9-10-23-21(25-19)24-16-8-7-13-5-6-14(20(26)27)11-15(13)12-16/h1-6,9-11,16H,7-8,12H2,(H,26,27)(H,23,24,25). The van der Waals surface area contributed by atoms with E-state index in [1.165, 1.54) is 5.56 Å². The van der Waals surface area contributed by atoms with Crippen molar-refractivity contribution in [1.82, 2.24) is 9.97 Å². The number of carboxylic acids is 1. The molecule has 4 rings (SSSR count). The summed E-state index contributed by atoms with van der Waals surface area (Å²) in [5.74, 6) is -0.348. The number of nitrogens with one attached hydrogen (secondary N) is 1. The average Bonchev–Trinajstić information content (AvgIpc) is 2.68. The lowest BCUT2D eigenvalue weighted by Gasteiger charge is -2.26. The van der Waals surface area contributed by atoms with Crippen LogP contribution >= 0.6 is 11.6 Å². The zero-order valence-electron chi connectivity index (χ0n) is 14.5. The Morgan fingerprint density at radius 3 is 2.81 bits per heavy atom. The lowest BCUT2D eigenvalue weighted by Crippen LogP contribution is -2.28. The number of benzene rings is 2. The lowest BCUT2D eigenvalue weighted by atomic mass is 9.87. The quantitative estimate of drug-likeness (QED) is 0.699. The Labute approximate surface area is 162 Å². The van der Waals surface area contributed by atoms with Gasteiger partial charge in [-0.05, 0) is 54.7 Å². The molecule has 2 N–H and O–H groups in total. The molecule has 0 amide bonds. The van der Waals surface area contributed by atoms with Gasteiger partial charge in [-0.1, -0.05) is 35.9 Å². The maximum absolute atomic E-state index is 11.2. The van der Waals surface area contributed by atoms with Crippen LogP contribution < -0.4 is 5.32 Å². The molecule has 5 nitrogen and oxygen atoms in total. The molecule has 136 valence electrons. The van der Waals surface area contributed by atoms with Crippen molar-refractivity contribution >= 4 is 23.5 Å². The summed E-state index contributed by atoms with van der Waals surface area (Å²) >= 11 is 6.27. The number of fused-ring (bicyclic) bond motifs is 1. The molecular weight excluding hydrogens is 362 g/mol. The number of aromatic nitrogens is 2. The minimum absolute atomic E-state index is 0.156. The third kappa shape index (κ3) is 3.78. The summed E-state index contributed by atoms with van der Waals surface area (Å²) in [6, 6.07) is 14.9. The van der Waals surface area contributed by atoms with Gasteiger partial charge >= 0.3 is 5.97 Å². The number of aryl methyl sites for hydroxylation is 1. The SMILES string of the molecule is O=C(O)c1ccc2c(c1)CC(Nc1nccc(-c3ccccc3Cl)n1)CC2. The van der Waals surface area contributed by atoms with Gasteiger partial charge in [0, 0.05) is 22.8 Å². The van der Waals surface area contributed by atoms with Crippen LogP contribution in [0.4, 0.5) is 5.95 Å². The maximum atomic E-state index is 11.2. The monoisotopic (exact) mass is 379 g/mol. The van der Waals surface area contributed by atoms with Crippen LogP contribution in [0.25, 0.3) is 11.3 Å². The zero-order chi connectivity index (χ0) is 18.8. The van der Waals surface area contributed by atoms with E-state index in [1.54, 1.807) is 18.3 Å². The van der Waals surface area contributed by atoms with Gasteiger partial charge in [-0.2, -0.15) is 0 Å². The fraction of sp³-hybridized carbons (Fsp3) is 0.190. The Hall–Kier alpha value is -2.92. The summed E-state index contributed by atoms with van der Waals surface area (Å²) < 4.78 is 0. The van der Waals surface area contributed by atoms with E-state index >= 15 is 0 Å². The van der Waals surface area contributed by atoms with Crippen LogP contribution in [0.1, 0.15) is 27.9 Å². The van der Waals surface area contributed by atoms with Gasteiger partial charge < -0.3 is 10.4 Å². The van der Waals surface area contributed by atoms with Crippen LogP contribution in [0.3, 0.4) is 0 Å². The van der Waals surface area contributed by atoms with Gasteiger partial charge in [0.25, 0.3) is 0 Å². The number of carbonyl (C=O) groups is 1. The second-order valence-electron chi connectivity index (χ2n) is 6.62. The number of carboxylic acid groups (broad SMARTS) is 1. The van der Waals surface area contributed by atoms with Gasteiger partial charge in [0.05, 0.1) is 11.3 Å². The third-order valence-electron chi connectivity index (χ3n) is 4.82. The molecule has 0 fully saturated rings. The molecule has 1 atom stereocenters. The van der Waals surface area contributed by atoms with Crippen LogP contribution in [-0.4, -0.2) is 27.1 Å².